The maximum Gasteiger partial charge on any atom is 0.0547 e. The number of rotatable bonds is 6. The van der Waals surface area contributed by atoms with Crippen LogP contribution in [0.3, 0.4) is 0 Å². The van der Waals surface area contributed by atoms with Crippen molar-refractivity contribution < 1.29 is 0 Å². The smallest absolute Gasteiger partial charge is 0.0547 e. The quantitative estimate of drug-likeness (QED) is 0.132. The molecule has 0 saturated carbocycles. The van der Waals surface area contributed by atoms with Crippen molar-refractivity contribution in [3.05, 3.63) is 176 Å². The van der Waals surface area contributed by atoms with Crippen molar-refractivity contribution in [2.45, 2.75) is 12.8 Å². The van der Waals surface area contributed by atoms with Gasteiger partial charge in [-0.3, -0.25) is 0 Å². The van der Waals surface area contributed by atoms with Gasteiger partial charge in [0, 0.05) is 21.5 Å². The van der Waals surface area contributed by atoms with Gasteiger partial charge in [-0.2, -0.15) is 0 Å². The Bertz CT molecular complexity index is 2590. The molecule has 1 aliphatic carbocycles. The minimum atomic E-state index is 1.05. The standard InChI is InChI=1S/C46H33N/c1-3-15-30(4-2)39-28-40(31-16-7-5-8-17-31)36-26-27-38-44(47-42-22-13-11-20-33(42)34-21-12-14-23-43(34)47)29-41(32-18-9-6-10-19-32)37-25-24-35(39)45(36)46(37)38/h3-5,7-9,11-29H,1-2,6,10H2/b30-15+. The number of para-hydroxylation sites is 2. The van der Waals surface area contributed by atoms with E-state index in [9.17, 15) is 0 Å². The number of nitrogens with zero attached hydrogens (tertiary/aromatic N) is 1. The highest BCUT2D eigenvalue weighted by Gasteiger charge is 2.23. The molecule has 0 radical (unpaired) electrons. The van der Waals surface area contributed by atoms with E-state index in [-0.39, 0.29) is 0 Å². The van der Waals surface area contributed by atoms with Gasteiger partial charge >= 0.3 is 0 Å². The molecule has 0 amide bonds. The zero-order valence-electron chi connectivity index (χ0n) is 26.2. The van der Waals surface area contributed by atoms with Crippen molar-refractivity contribution in [3.8, 4) is 16.8 Å². The Hall–Kier alpha value is -5.92. The van der Waals surface area contributed by atoms with Crippen molar-refractivity contribution >= 4 is 65.3 Å². The molecule has 222 valence electrons. The molecular weight excluding hydrogens is 567 g/mol. The van der Waals surface area contributed by atoms with Crippen LogP contribution in [0.25, 0.3) is 82.1 Å². The molecule has 0 N–H and O–H groups in total. The van der Waals surface area contributed by atoms with E-state index in [0.29, 0.717) is 0 Å². The number of hydrogen-bond donors (Lipinski definition) is 0. The first-order valence-corrected chi connectivity index (χ1v) is 16.4. The first-order valence-electron chi connectivity index (χ1n) is 16.4. The topological polar surface area (TPSA) is 4.93 Å². The molecule has 0 bridgehead atoms. The van der Waals surface area contributed by atoms with Gasteiger partial charge in [-0.05, 0) is 92.1 Å². The van der Waals surface area contributed by atoms with Crippen LogP contribution in [0.4, 0.5) is 0 Å². The SMILES string of the molecule is C=C/C=C(\C=C)c1cc(-c2ccccc2)c2ccc3c(-n4c5ccccc5c5ccccc54)cc(C4=CCCC=C4)c4ccc1c2c43. The van der Waals surface area contributed by atoms with Crippen LogP contribution in [0.1, 0.15) is 24.0 Å². The molecule has 47 heavy (non-hydrogen) atoms. The van der Waals surface area contributed by atoms with E-state index in [1.807, 2.05) is 12.2 Å². The average Bonchev–Trinajstić information content (AvgIpc) is 3.47. The third-order valence-corrected chi connectivity index (χ3v) is 9.92. The van der Waals surface area contributed by atoms with Gasteiger partial charge in [0.15, 0.2) is 0 Å². The lowest BCUT2D eigenvalue weighted by molar-refractivity contribution is 1.04. The Morgan fingerprint density at radius 2 is 1.23 bits per heavy atom. The summed E-state index contributed by atoms with van der Waals surface area (Å²) < 4.78 is 2.49. The van der Waals surface area contributed by atoms with Crippen LogP contribution in [0, 0.1) is 0 Å². The van der Waals surface area contributed by atoms with Crippen LogP contribution >= 0.6 is 0 Å². The molecule has 0 atom stereocenters. The molecular formula is C46H33N. The van der Waals surface area contributed by atoms with Crippen molar-refractivity contribution in [1.29, 1.82) is 0 Å². The van der Waals surface area contributed by atoms with Crippen molar-refractivity contribution in [2.75, 3.05) is 0 Å². The van der Waals surface area contributed by atoms with Crippen LogP contribution in [-0.4, -0.2) is 4.57 Å². The summed E-state index contributed by atoms with van der Waals surface area (Å²) in [4.78, 5) is 0. The van der Waals surface area contributed by atoms with Crippen molar-refractivity contribution in [3.63, 3.8) is 0 Å². The number of allylic oxidation sites excluding steroid dienone is 8. The first kappa shape index (κ1) is 27.4. The van der Waals surface area contributed by atoms with Gasteiger partial charge in [-0.25, -0.2) is 0 Å². The van der Waals surface area contributed by atoms with Crippen LogP contribution < -0.4 is 0 Å². The molecule has 0 unspecified atom stereocenters. The normalized spacial score (nSPS) is 13.7. The summed E-state index contributed by atoms with van der Waals surface area (Å²) in [5, 5.41) is 10.1. The lowest BCUT2D eigenvalue weighted by Gasteiger charge is -2.23. The number of fused-ring (bicyclic) bond motifs is 3. The van der Waals surface area contributed by atoms with E-state index in [0.717, 1.165) is 18.4 Å². The molecule has 1 nitrogen and oxygen atoms in total. The summed E-state index contributed by atoms with van der Waals surface area (Å²) in [5.74, 6) is 0. The second-order valence-electron chi connectivity index (χ2n) is 12.4. The van der Waals surface area contributed by atoms with E-state index < -0.39 is 0 Å². The minimum absolute atomic E-state index is 1.05. The highest BCUT2D eigenvalue weighted by molar-refractivity contribution is 6.30. The molecule has 0 aliphatic heterocycles. The molecule has 1 heteroatoms. The van der Waals surface area contributed by atoms with Crippen molar-refractivity contribution in [1.82, 2.24) is 4.57 Å². The Morgan fingerprint density at radius 3 is 1.91 bits per heavy atom. The molecule has 0 spiro atoms. The third-order valence-electron chi connectivity index (χ3n) is 9.92. The summed E-state index contributed by atoms with van der Waals surface area (Å²) in [6.07, 6.45) is 15.1. The monoisotopic (exact) mass is 599 g/mol. The van der Waals surface area contributed by atoms with Gasteiger partial charge < -0.3 is 4.57 Å². The fourth-order valence-corrected chi connectivity index (χ4v) is 7.88. The summed E-state index contributed by atoms with van der Waals surface area (Å²) in [6.45, 7) is 8.24. The van der Waals surface area contributed by atoms with Crippen LogP contribution in [0.15, 0.2) is 165 Å². The Balaban J connectivity index is 1.52. The van der Waals surface area contributed by atoms with Crippen LogP contribution in [-0.2, 0) is 0 Å². The van der Waals surface area contributed by atoms with E-state index in [1.54, 1.807) is 0 Å². The highest BCUT2D eigenvalue weighted by atomic mass is 15.0. The first-order chi connectivity index (χ1) is 23.3. The maximum atomic E-state index is 4.21. The predicted octanol–water partition coefficient (Wildman–Crippen LogP) is 12.8. The summed E-state index contributed by atoms with van der Waals surface area (Å²) in [5.41, 5.74) is 10.9. The van der Waals surface area contributed by atoms with Crippen molar-refractivity contribution in [2.24, 2.45) is 0 Å². The summed E-state index contributed by atoms with van der Waals surface area (Å²) in [6, 6.07) is 42.5. The number of hydrogen-bond acceptors (Lipinski definition) is 0. The molecule has 1 heterocycles. The van der Waals surface area contributed by atoms with Gasteiger partial charge in [0.25, 0.3) is 0 Å². The Morgan fingerprint density at radius 1 is 0.596 bits per heavy atom. The van der Waals surface area contributed by atoms with Gasteiger partial charge in [-0.1, -0.05) is 141 Å². The number of benzene rings is 7. The van der Waals surface area contributed by atoms with Crippen LogP contribution in [0.2, 0.25) is 0 Å². The fraction of sp³-hybridized carbons (Fsp3) is 0.0435. The highest BCUT2D eigenvalue weighted by Crippen LogP contribution is 2.47. The van der Waals surface area contributed by atoms with E-state index in [1.165, 1.54) is 87.6 Å². The molecule has 9 rings (SSSR count). The minimum Gasteiger partial charge on any atom is -0.309 e. The Labute approximate surface area is 274 Å². The van der Waals surface area contributed by atoms with Gasteiger partial charge in [-0.15, -0.1) is 0 Å². The van der Waals surface area contributed by atoms with Gasteiger partial charge in [0.1, 0.15) is 0 Å². The molecule has 8 aromatic rings. The Kier molecular flexibility index (Phi) is 6.33. The fourth-order valence-electron chi connectivity index (χ4n) is 7.88. The predicted molar refractivity (Wildman–Crippen MR) is 205 cm³/mol. The van der Waals surface area contributed by atoms with E-state index in [2.05, 4.69) is 157 Å². The lowest BCUT2D eigenvalue weighted by Crippen LogP contribution is -2.01. The maximum absolute atomic E-state index is 4.21. The lowest BCUT2D eigenvalue weighted by atomic mass is 9.83. The molecule has 1 aliphatic rings. The van der Waals surface area contributed by atoms with E-state index >= 15 is 0 Å². The van der Waals surface area contributed by atoms with Gasteiger partial charge in [0.05, 0.1) is 16.7 Å². The molecule has 7 aromatic carbocycles. The summed E-state index contributed by atoms with van der Waals surface area (Å²) >= 11 is 0. The van der Waals surface area contributed by atoms with E-state index in [4.69, 9.17) is 0 Å². The largest absolute Gasteiger partial charge is 0.309 e. The van der Waals surface area contributed by atoms with Gasteiger partial charge in [0.2, 0.25) is 0 Å². The third kappa shape index (κ3) is 4.10. The zero-order valence-corrected chi connectivity index (χ0v) is 26.2. The second-order valence-corrected chi connectivity index (χ2v) is 12.4. The molecule has 0 saturated heterocycles. The number of aromatic nitrogens is 1. The van der Waals surface area contributed by atoms with Crippen LogP contribution in [0.5, 0.6) is 0 Å². The average molecular weight is 600 g/mol. The summed E-state index contributed by atoms with van der Waals surface area (Å²) in [7, 11) is 0. The zero-order chi connectivity index (χ0) is 31.5. The molecule has 0 fully saturated rings. The molecule has 1 aromatic heterocycles. The second kappa shape index (κ2) is 10.9.